The van der Waals surface area contributed by atoms with Crippen LogP contribution in [0.25, 0.3) is 0 Å². The maximum absolute atomic E-state index is 12.2. The molecule has 8 saturated heterocycles. The largest absolute Gasteiger partial charge is 0.394 e. The van der Waals surface area contributed by atoms with E-state index in [1.54, 1.807) is 0 Å². The molecule has 60 atom stereocenters. The van der Waals surface area contributed by atoms with E-state index in [9.17, 15) is 143 Å². The van der Waals surface area contributed by atoms with E-state index < -0.39 is 334 Å². The minimum absolute atomic E-state index is 0.0715. The minimum atomic E-state index is -1.86. The summed E-state index contributed by atoms with van der Waals surface area (Å²) in [5, 5.41) is 305. The average Bonchev–Trinajstić information content (AvgIpc) is 1.62. The summed E-state index contributed by atoms with van der Waals surface area (Å²) in [7, 11) is 0. The Kier molecular flexibility index (Phi) is 39.5. The summed E-state index contributed by atoms with van der Waals surface area (Å²) >= 11 is 3.88. The molecule has 0 aromatic carbocycles. The zero-order chi connectivity index (χ0) is 104. The second-order valence-electron chi connectivity index (χ2n) is 46.0. The van der Waals surface area contributed by atoms with E-state index in [1.807, 2.05) is 23.5 Å². The summed E-state index contributed by atoms with van der Waals surface area (Å²) in [6.45, 7) is 7.93. The number of ether oxygens (including phenoxy) is 16. The van der Waals surface area contributed by atoms with Crippen LogP contribution in [0, 0.1) is 92.7 Å². The van der Waals surface area contributed by atoms with Gasteiger partial charge < -0.3 is 219 Å². The van der Waals surface area contributed by atoms with Crippen LogP contribution in [-0.2, 0) is 75.8 Å². The van der Waals surface area contributed by atoms with Crippen LogP contribution >= 0.6 is 23.5 Å². The maximum Gasteiger partial charge on any atom is 0.187 e. The van der Waals surface area contributed by atoms with Gasteiger partial charge in [-0.25, -0.2) is 0 Å². The molecule has 28 N–H and O–H groups in total. The molecule has 44 nitrogen and oxygen atoms in total. The van der Waals surface area contributed by atoms with Gasteiger partial charge in [-0.05, 0) is 240 Å². The predicted octanol–water partition coefficient (Wildman–Crippen LogP) is -5.75. The molecule has 36 unspecified atom stereocenters. The number of hydrogen-bond acceptors (Lipinski definition) is 46. The number of fused-ring (bicyclic) bond motifs is 10. The van der Waals surface area contributed by atoms with E-state index in [-0.39, 0.29) is 81.8 Å². The highest BCUT2D eigenvalue weighted by Crippen LogP contribution is 2.72. The van der Waals surface area contributed by atoms with Crippen LogP contribution < -0.4 is 0 Å². The lowest BCUT2D eigenvalue weighted by atomic mass is 9.43. The summed E-state index contributed by atoms with van der Waals surface area (Å²) < 4.78 is 98.6. The highest BCUT2D eigenvalue weighted by Gasteiger charge is 2.70. The van der Waals surface area contributed by atoms with Gasteiger partial charge in [0.15, 0.2) is 50.3 Å². The van der Waals surface area contributed by atoms with Crippen molar-refractivity contribution < 1.29 is 219 Å². The first-order chi connectivity index (χ1) is 69.1. The Labute approximate surface area is 853 Å². The lowest BCUT2D eigenvalue weighted by molar-refractivity contribution is -0.370. The molecule has 840 valence electrons. The minimum Gasteiger partial charge on any atom is -0.394 e. The highest BCUT2D eigenvalue weighted by atomic mass is 32.2. The summed E-state index contributed by atoms with van der Waals surface area (Å²) in [5.41, 5.74) is -1.57. The monoisotopic (exact) mass is 2130 g/mol. The molecule has 46 heteroatoms. The van der Waals surface area contributed by atoms with Gasteiger partial charge in [-0.15, -0.1) is 0 Å². The Morgan fingerprint density at radius 1 is 0.255 bits per heavy atom. The van der Waals surface area contributed by atoms with Gasteiger partial charge in [-0.3, -0.25) is 0 Å². The van der Waals surface area contributed by atoms with Crippen molar-refractivity contribution in [3.63, 3.8) is 0 Å². The summed E-state index contributed by atoms with van der Waals surface area (Å²) in [5.74, 6) is 5.71. The molecule has 0 radical (unpaired) electrons. The summed E-state index contributed by atoms with van der Waals surface area (Å²) in [6, 6.07) is 0. The van der Waals surface area contributed by atoms with Crippen LogP contribution in [0.5, 0.6) is 0 Å². The van der Waals surface area contributed by atoms with Crippen LogP contribution in [0.15, 0.2) is 0 Å². The lowest BCUT2D eigenvalue weighted by Gasteiger charge is -2.63. The smallest absolute Gasteiger partial charge is 0.187 e. The predicted molar refractivity (Wildman–Crippen MR) is 502 cm³/mol. The number of aliphatic hydroxyl groups is 28. The molecule has 8 saturated carbocycles. The Morgan fingerprint density at radius 3 is 0.779 bits per heavy atom. The number of hydrogen-bond donors (Lipinski definition) is 28. The third-order valence-corrected chi connectivity index (χ3v) is 40.8. The van der Waals surface area contributed by atoms with Crippen LogP contribution in [0.3, 0.4) is 0 Å². The van der Waals surface area contributed by atoms with E-state index in [1.165, 1.54) is 0 Å². The molecule has 8 heterocycles. The fourth-order valence-corrected chi connectivity index (χ4v) is 32.2. The van der Waals surface area contributed by atoms with Crippen molar-refractivity contribution in [2.24, 2.45) is 92.7 Å². The van der Waals surface area contributed by atoms with Gasteiger partial charge in [0.2, 0.25) is 0 Å². The van der Waals surface area contributed by atoms with E-state index in [2.05, 4.69) is 41.5 Å². The number of rotatable bonds is 38. The lowest BCUT2D eigenvalue weighted by Crippen LogP contribution is -2.66. The maximum atomic E-state index is 12.2. The molecule has 0 aromatic heterocycles. The topological polar surface area (TPSA) is 714 Å². The van der Waals surface area contributed by atoms with Gasteiger partial charge >= 0.3 is 0 Å². The second-order valence-corrected chi connectivity index (χ2v) is 48.5. The molecular weight excluding hydrogens is 1960 g/mol. The van der Waals surface area contributed by atoms with Crippen molar-refractivity contribution in [3.8, 4) is 0 Å². The quantitative estimate of drug-likeness (QED) is 0.0202. The number of thioether (sulfide) groups is 2. The summed E-state index contributed by atoms with van der Waals surface area (Å²) in [4.78, 5) is 0. The Hall–Kier alpha value is -1.06. The molecule has 16 fully saturated rings. The normalized spacial score (nSPS) is 53.2. The third kappa shape index (κ3) is 22.8. The molecule has 0 aromatic rings. The Bertz CT molecular complexity index is 3740. The Morgan fingerprint density at radius 2 is 0.503 bits per heavy atom. The standard InChI is InChI=1S/C99H168O44S2/c1-40(48-16-18-50-46-14-12-42-28-44(128-88-80(124)72(116)84(58(36-104)134-88)140-92-76(120)68(112)64(108)54(32-100)130-92)20-22-96(42,3)52(46)30-62(98(48,50)5)138-90-82(126)74(118)86(60(38-106)136-90)142-94-78(122)70(114)66(110)56(34-102)132-94)10-7-24-144-26-9-27-145-25-8-11-41(2)49-17-19-51-47-15-13-43-29-45(129-89-81(125)73(117)85(59(37-105)135-89)141-93-77(121)69(113)65(109)55(33-101)131-93)21-23-97(43,4)53(47)31-63(99(49,51)6)139-91-83(127)75(119)87(61(39-107)137-91)143-95-79(123)71(115)67(111)57(35-103)133-95/h40-95,100-127H,7-39H2,1-6H3/t40?,41?,42?,43?,44?,45?,46?,47?,48?,49?,50?,51?,52?,53?,54?,55?,56?,57?,58?,59?,60?,61?,62?,63?,64-,65+,66-,67+,68?,69?,70?,71?,72?,73?,74?,75?,76+,77-,78+,79-,80+,81-,82+,83-,84-,85+,86-,87+,88-,89+,90+,91-,92-,93+,94-,95+,96?,97?,98?,99?. The number of aliphatic hydroxyl groups excluding tert-OH is 28. The first kappa shape index (κ1) is 116. The first-order valence-electron chi connectivity index (χ1n) is 53.2. The summed E-state index contributed by atoms with van der Waals surface area (Å²) in [6.07, 6.45) is -50.7. The van der Waals surface area contributed by atoms with Gasteiger partial charge in [-0.1, -0.05) is 41.5 Å². The SMILES string of the molecule is CC(CCCSCCCSCCCC(C)C1CCC2C3CCC4CC(O[C@@H]5OC(CO)[C@@H](O[C@H]6OC(CO)[C@@H](O)C(O)[C@@H]6O)C(O)[C@@H]5O)CCC4(C)C3CC(O[C@@H]3OC(CO)[C@@H](O[C@H]4OC(CO)[C@@H](O)C(O)[C@@H]4O)C(O)[C@@H]3O)C12C)C1CCC2C3CCC4CC(O[C@H]5OC(CO)[C@H](O[C@@H]6OC(CO)[C@H](O)C(O)[C@H]6O)C(O)[C@H]5O)CCC4(C)C3CC(O[C@H]3OC(CO)[C@H](O[C@@H]4OC(CO)[C@H](O)C(O)[C@H]4O)C(O)[C@H]3O)C12C. The molecule has 16 aliphatic rings. The fraction of sp³-hybridized carbons (Fsp3) is 1.00. The van der Waals surface area contributed by atoms with Crippen molar-refractivity contribution in [2.75, 3.05) is 75.9 Å². The molecular formula is C99H168O44S2. The molecule has 145 heavy (non-hydrogen) atoms. The molecule has 0 amide bonds. The fourth-order valence-electron chi connectivity index (χ4n) is 30.1. The first-order valence-corrected chi connectivity index (χ1v) is 55.5. The van der Waals surface area contributed by atoms with Gasteiger partial charge in [0.05, 0.1) is 77.3 Å². The van der Waals surface area contributed by atoms with Crippen LogP contribution in [-0.4, -0.2) is 489 Å². The molecule has 0 bridgehead atoms. The van der Waals surface area contributed by atoms with Crippen LogP contribution in [0.1, 0.15) is 176 Å². The second kappa shape index (κ2) is 49.2. The zero-order valence-electron chi connectivity index (χ0n) is 83.5. The van der Waals surface area contributed by atoms with Crippen molar-refractivity contribution in [2.45, 2.75) is 446 Å². The average molecular weight is 2130 g/mol. The van der Waals surface area contributed by atoms with Gasteiger partial charge in [0.25, 0.3) is 0 Å². The van der Waals surface area contributed by atoms with Gasteiger partial charge in [0.1, 0.15) is 195 Å². The molecule has 0 spiro atoms. The Balaban J connectivity index is 0.536. The molecule has 8 aliphatic carbocycles. The van der Waals surface area contributed by atoms with Crippen molar-refractivity contribution in [1.82, 2.24) is 0 Å². The zero-order valence-corrected chi connectivity index (χ0v) is 85.2. The van der Waals surface area contributed by atoms with Gasteiger partial charge in [0, 0.05) is 10.8 Å². The van der Waals surface area contributed by atoms with E-state index >= 15 is 0 Å². The molecule has 16 rings (SSSR count). The van der Waals surface area contributed by atoms with E-state index in [0.717, 1.165) is 106 Å². The van der Waals surface area contributed by atoms with Crippen molar-refractivity contribution in [1.29, 1.82) is 0 Å². The van der Waals surface area contributed by atoms with Crippen molar-refractivity contribution in [3.05, 3.63) is 0 Å². The third-order valence-electron chi connectivity index (χ3n) is 38.5. The highest BCUT2D eigenvalue weighted by molar-refractivity contribution is 8.00. The van der Waals surface area contributed by atoms with Gasteiger partial charge in [-0.2, -0.15) is 23.5 Å². The van der Waals surface area contributed by atoms with Crippen LogP contribution in [0.4, 0.5) is 0 Å². The van der Waals surface area contributed by atoms with Crippen LogP contribution in [0.2, 0.25) is 0 Å². The van der Waals surface area contributed by atoms with E-state index in [0.29, 0.717) is 51.4 Å². The van der Waals surface area contributed by atoms with E-state index in [4.69, 9.17) is 75.8 Å². The van der Waals surface area contributed by atoms with Crippen molar-refractivity contribution >= 4 is 23.5 Å². The molecule has 8 aliphatic heterocycles.